The highest BCUT2D eigenvalue weighted by molar-refractivity contribution is 6.11. The molecular formula is C16H25N3. The third-order valence-electron chi connectivity index (χ3n) is 2.01. The lowest BCUT2D eigenvalue weighted by atomic mass is 10.1. The quantitative estimate of drug-likeness (QED) is 0.543. The lowest BCUT2D eigenvalue weighted by Crippen LogP contribution is -2.21. The van der Waals surface area contributed by atoms with Crippen molar-refractivity contribution in [1.82, 2.24) is 5.32 Å². The van der Waals surface area contributed by atoms with Crippen LogP contribution in [0.5, 0.6) is 0 Å². The van der Waals surface area contributed by atoms with E-state index in [0.717, 1.165) is 11.3 Å². The van der Waals surface area contributed by atoms with Crippen LogP contribution < -0.4 is 11.1 Å². The zero-order valence-electron chi connectivity index (χ0n) is 12.4. The summed E-state index contributed by atoms with van der Waals surface area (Å²) in [6.07, 6.45) is 9.35. The summed E-state index contributed by atoms with van der Waals surface area (Å²) in [5, 5.41) is 3.16. The summed E-state index contributed by atoms with van der Waals surface area (Å²) in [7, 11) is 0. The van der Waals surface area contributed by atoms with Crippen molar-refractivity contribution in [2.75, 3.05) is 0 Å². The number of allylic oxidation sites excluding steroid dienone is 7. The maximum absolute atomic E-state index is 5.75. The Bertz CT molecular complexity index is 431. The third kappa shape index (κ3) is 7.82. The Kier molecular flexibility index (Phi) is 8.02. The lowest BCUT2D eigenvalue weighted by molar-refractivity contribution is 0.666. The molecule has 0 aliphatic carbocycles. The first-order valence-corrected chi connectivity index (χ1v) is 6.34. The number of hydrogen-bond acceptors (Lipinski definition) is 3. The highest BCUT2D eigenvalue weighted by atomic mass is 15.0. The van der Waals surface area contributed by atoms with E-state index in [0.29, 0.717) is 11.5 Å². The van der Waals surface area contributed by atoms with Crippen LogP contribution >= 0.6 is 0 Å². The fraction of sp³-hybridized carbons (Fsp3) is 0.312. The fourth-order valence-corrected chi connectivity index (χ4v) is 1.44. The van der Waals surface area contributed by atoms with Crippen LogP contribution in [-0.2, 0) is 0 Å². The van der Waals surface area contributed by atoms with Gasteiger partial charge in [-0.25, -0.2) is 4.99 Å². The van der Waals surface area contributed by atoms with Crippen LogP contribution in [0.4, 0.5) is 0 Å². The maximum atomic E-state index is 5.75. The van der Waals surface area contributed by atoms with Gasteiger partial charge < -0.3 is 11.1 Å². The number of rotatable bonds is 7. The van der Waals surface area contributed by atoms with Crippen molar-refractivity contribution in [3.8, 4) is 0 Å². The lowest BCUT2D eigenvalue weighted by Gasteiger charge is -2.11. The Morgan fingerprint density at radius 3 is 2.42 bits per heavy atom. The van der Waals surface area contributed by atoms with E-state index in [1.807, 2.05) is 52.0 Å². The molecule has 0 aromatic carbocycles. The molecule has 0 saturated carbocycles. The smallest absolute Gasteiger partial charge is 0.119 e. The molecule has 0 radical (unpaired) electrons. The number of hydrogen-bond donors (Lipinski definition) is 2. The molecule has 0 aromatic rings. The van der Waals surface area contributed by atoms with Gasteiger partial charge in [-0.3, -0.25) is 0 Å². The molecule has 3 N–H and O–H groups in total. The van der Waals surface area contributed by atoms with Crippen molar-refractivity contribution in [2.24, 2.45) is 10.7 Å². The van der Waals surface area contributed by atoms with Crippen molar-refractivity contribution >= 4 is 5.71 Å². The van der Waals surface area contributed by atoms with E-state index in [4.69, 9.17) is 5.73 Å². The van der Waals surface area contributed by atoms with Crippen LogP contribution in [-0.4, -0.2) is 11.8 Å². The van der Waals surface area contributed by atoms with Gasteiger partial charge in [0.05, 0.1) is 5.71 Å². The van der Waals surface area contributed by atoms with Crippen molar-refractivity contribution in [1.29, 1.82) is 0 Å². The molecule has 0 aliphatic rings. The van der Waals surface area contributed by atoms with Gasteiger partial charge in [0.1, 0.15) is 5.82 Å². The summed E-state index contributed by atoms with van der Waals surface area (Å²) in [5.74, 6) is 0.613. The molecular weight excluding hydrogens is 234 g/mol. The molecule has 0 bridgehead atoms. The normalized spacial score (nSPS) is 14.1. The Labute approximate surface area is 117 Å². The predicted molar refractivity (Wildman–Crippen MR) is 85.9 cm³/mol. The minimum Gasteiger partial charge on any atom is -0.402 e. The fourth-order valence-electron chi connectivity index (χ4n) is 1.44. The summed E-state index contributed by atoms with van der Waals surface area (Å²) in [5.41, 5.74) is 8.14. The molecule has 19 heavy (non-hydrogen) atoms. The van der Waals surface area contributed by atoms with E-state index < -0.39 is 0 Å². The minimum atomic E-state index is 0.286. The summed E-state index contributed by atoms with van der Waals surface area (Å²) in [4.78, 5) is 4.48. The first-order valence-electron chi connectivity index (χ1n) is 6.34. The van der Waals surface area contributed by atoms with E-state index >= 15 is 0 Å². The number of nitrogens with two attached hydrogens (primary N) is 1. The molecule has 0 spiro atoms. The van der Waals surface area contributed by atoms with Gasteiger partial charge in [0, 0.05) is 11.7 Å². The second-order valence-corrected chi connectivity index (χ2v) is 4.49. The maximum Gasteiger partial charge on any atom is 0.119 e. The zero-order valence-corrected chi connectivity index (χ0v) is 12.4. The molecule has 0 rings (SSSR count). The Balaban J connectivity index is 5.48. The summed E-state index contributed by atoms with van der Waals surface area (Å²) in [6.45, 7) is 15.5. The molecule has 3 heteroatoms. The van der Waals surface area contributed by atoms with Crippen LogP contribution in [0.1, 0.15) is 27.7 Å². The first kappa shape index (κ1) is 17.0. The van der Waals surface area contributed by atoms with Crippen LogP contribution in [0.15, 0.2) is 65.6 Å². The Morgan fingerprint density at radius 2 is 2.00 bits per heavy atom. The van der Waals surface area contributed by atoms with Gasteiger partial charge in [-0.05, 0) is 39.3 Å². The van der Waals surface area contributed by atoms with Gasteiger partial charge in [0.15, 0.2) is 0 Å². The monoisotopic (exact) mass is 259 g/mol. The molecule has 0 aromatic heterocycles. The molecule has 0 fully saturated rings. The Morgan fingerprint density at radius 1 is 1.37 bits per heavy atom. The van der Waals surface area contributed by atoms with Crippen molar-refractivity contribution < 1.29 is 0 Å². The molecule has 0 amide bonds. The molecule has 0 unspecified atom stereocenters. The highest BCUT2D eigenvalue weighted by Gasteiger charge is 2.03. The second kappa shape index (κ2) is 8.97. The summed E-state index contributed by atoms with van der Waals surface area (Å²) < 4.78 is 0. The van der Waals surface area contributed by atoms with Crippen LogP contribution in [0.3, 0.4) is 0 Å². The van der Waals surface area contributed by atoms with Gasteiger partial charge in [0.2, 0.25) is 0 Å². The first-order chi connectivity index (χ1) is 8.90. The topological polar surface area (TPSA) is 50.4 Å². The number of nitrogens with zero attached hydrogens (tertiary/aromatic N) is 1. The minimum absolute atomic E-state index is 0.286. The van der Waals surface area contributed by atoms with E-state index in [9.17, 15) is 0 Å². The van der Waals surface area contributed by atoms with Gasteiger partial charge in [-0.2, -0.15) is 0 Å². The molecule has 0 heterocycles. The highest BCUT2D eigenvalue weighted by Crippen LogP contribution is 2.07. The van der Waals surface area contributed by atoms with Gasteiger partial charge in [-0.1, -0.05) is 37.5 Å². The summed E-state index contributed by atoms with van der Waals surface area (Å²) >= 11 is 0. The van der Waals surface area contributed by atoms with E-state index in [2.05, 4.69) is 23.5 Å². The van der Waals surface area contributed by atoms with E-state index in [-0.39, 0.29) is 6.04 Å². The predicted octanol–water partition coefficient (Wildman–Crippen LogP) is 3.45. The second-order valence-electron chi connectivity index (χ2n) is 4.49. The average Bonchev–Trinajstić information content (AvgIpc) is 2.26. The van der Waals surface area contributed by atoms with Crippen molar-refractivity contribution in [3.05, 3.63) is 60.6 Å². The largest absolute Gasteiger partial charge is 0.402 e. The average molecular weight is 259 g/mol. The zero-order chi connectivity index (χ0) is 14.8. The van der Waals surface area contributed by atoms with Crippen LogP contribution in [0.2, 0.25) is 0 Å². The van der Waals surface area contributed by atoms with Gasteiger partial charge in [-0.15, -0.1) is 0 Å². The molecule has 0 atom stereocenters. The van der Waals surface area contributed by atoms with Gasteiger partial charge >= 0.3 is 0 Å². The van der Waals surface area contributed by atoms with Crippen molar-refractivity contribution in [2.45, 2.75) is 33.7 Å². The van der Waals surface area contributed by atoms with Gasteiger partial charge in [0.25, 0.3) is 0 Å². The molecule has 0 aliphatic heterocycles. The third-order valence-corrected chi connectivity index (χ3v) is 2.01. The van der Waals surface area contributed by atoms with Crippen LogP contribution in [0.25, 0.3) is 0 Å². The van der Waals surface area contributed by atoms with E-state index in [1.54, 1.807) is 6.08 Å². The van der Waals surface area contributed by atoms with Crippen LogP contribution in [0, 0.1) is 0 Å². The molecule has 3 nitrogen and oxygen atoms in total. The molecule has 0 saturated heterocycles. The number of aliphatic imine (C=N–C) groups is 1. The summed E-state index contributed by atoms with van der Waals surface area (Å²) in [6, 6.07) is 0.286. The Hall–Kier alpha value is -2.03. The number of nitrogens with one attached hydrogen (secondary N) is 1. The standard InChI is InChI=1S/C16H25N3/c1-7-9-15(10-8-2)16(11-13(5)17)19-14(6)18-12(3)4/h7-12,18H,1,6,17H2,2-5H3/b10-8-,13-11-,15-9+,19-16+. The van der Waals surface area contributed by atoms with E-state index in [1.165, 1.54) is 0 Å². The SMILES string of the molecule is C=C/C=C(\C=C/C)C(/C=C(/C)N)=N/C(=C)NC(C)C. The van der Waals surface area contributed by atoms with Crippen molar-refractivity contribution in [3.63, 3.8) is 0 Å². The molecule has 104 valence electrons.